The number of nitrogens with zero attached hydrogens (tertiary/aromatic N) is 1. The molecule has 0 radical (unpaired) electrons. The molecule has 1 heterocycles. The monoisotopic (exact) mass is 158 g/mol. The van der Waals surface area contributed by atoms with Crippen molar-refractivity contribution >= 4 is 16.9 Å². The molecule has 1 rings (SSSR count). The lowest BCUT2D eigenvalue weighted by Gasteiger charge is -2.16. The highest BCUT2D eigenvalue weighted by atomic mass is 32.2. The lowest BCUT2D eigenvalue weighted by Crippen LogP contribution is -2.19. The third-order valence-corrected chi connectivity index (χ3v) is 2.47. The summed E-state index contributed by atoms with van der Waals surface area (Å²) < 4.78 is 0. The van der Waals surface area contributed by atoms with E-state index in [1.807, 2.05) is 0 Å². The van der Waals surface area contributed by atoms with Crippen LogP contribution in [0.25, 0.3) is 0 Å². The Labute approximate surface area is 66.3 Å². The summed E-state index contributed by atoms with van der Waals surface area (Å²) in [6.07, 6.45) is 3.62. The van der Waals surface area contributed by atoms with Crippen molar-refractivity contribution in [2.45, 2.75) is 32.2 Å². The predicted molar refractivity (Wildman–Crippen MR) is 47.4 cm³/mol. The standard InChI is InChI=1S/C7H14N2S/c1-2-3-6-4-5-10-7(8)9-6/h6H,2-5H2,1H3,(H2,8,9)/t6-/m0/s1. The molecule has 0 saturated heterocycles. The van der Waals surface area contributed by atoms with Gasteiger partial charge in [-0.1, -0.05) is 25.1 Å². The van der Waals surface area contributed by atoms with E-state index in [9.17, 15) is 0 Å². The van der Waals surface area contributed by atoms with E-state index < -0.39 is 0 Å². The van der Waals surface area contributed by atoms with Gasteiger partial charge in [-0.15, -0.1) is 0 Å². The lowest BCUT2D eigenvalue weighted by atomic mass is 10.1. The molecule has 0 amide bonds. The first kappa shape index (κ1) is 7.92. The van der Waals surface area contributed by atoms with Crippen LogP contribution in [-0.2, 0) is 0 Å². The molecular weight excluding hydrogens is 144 g/mol. The number of hydrogen-bond donors (Lipinski definition) is 1. The molecule has 1 aliphatic heterocycles. The molecule has 1 aliphatic rings. The van der Waals surface area contributed by atoms with Crippen LogP contribution in [0, 0.1) is 0 Å². The Morgan fingerprint density at radius 2 is 2.60 bits per heavy atom. The average molecular weight is 158 g/mol. The molecule has 0 saturated carbocycles. The zero-order valence-electron chi connectivity index (χ0n) is 6.34. The van der Waals surface area contributed by atoms with Gasteiger partial charge in [0.05, 0.1) is 6.04 Å². The Morgan fingerprint density at radius 3 is 3.20 bits per heavy atom. The Hall–Kier alpha value is -0.180. The van der Waals surface area contributed by atoms with Gasteiger partial charge in [0.25, 0.3) is 0 Å². The van der Waals surface area contributed by atoms with Crippen molar-refractivity contribution in [2.24, 2.45) is 10.7 Å². The van der Waals surface area contributed by atoms with Crippen molar-refractivity contribution in [3.8, 4) is 0 Å². The molecule has 3 heteroatoms. The first-order valence-corrected chi connectivity index (χ1v) is 4.77. The third-order valence-electron chi connectivity index (χ3n) is 1.63. The Morgan fingerprint density at radius 1 is 1.80 bits per heavy atom. The van der Waals surface area contributed by atoms with Crippen LogP contribution in [0.1, 0.15) is 26.2 Å². The number of hydrogen-bond acceptors (Lipinski definition) is 3. The first-order valence-electron chi connectivity index (χ1n) is 3.79. The third kappa shape index (κ3) is 2.21. The summed E-state index contributed by atoms with van der Waals surface area (Å²) >= 11 is 1.68. The molecule has 1 atom stereocenters. The van der Waals surface area contributed by atoms with Crippen molar-refractivity contribution < 1.29 is 0 Å². The summed E-state index contributed by atoms with van der Waals surface area (Å²) in [7, 11) is 0. The van der Waals surface area contributed by atoms with Crippen LogP contribution in [0.3, 0.4) is 0 Å². The zero-order valence-corrected chi connectivity index (χ0v) is 7.16. The van der Waals surface area contributed by atoms with E-state index in [0.717, 1.165) is 10.9 Å². The SMILES string of the molecule is CCC[C@H]1CCSC(N)=N1. The van der Waals surface area contributed by atoms with Gasteiger partial charge in [0.15, 0.2) is 5.17 Å². The van der Waals surface area contributed by atoms with Crippen molar-refractivity contribution in [3.05, 3.63) is 0 Å². The first-order chi connectivity index (χ1) is 4.83. The van der Waals surface area contributed by atoms with Gasteiger partial charge in [-0.25, -0.2) is 0 Å². The summed E-state index contributed by atoms with van der Waals surface area (Å²) in [5.41, 5.74) is 5.57. The van der Waals surface area contributed by atoms with E-state index in [0.29, 0.717) is 6.04 Å². The van der Waals surface area contributed by atoms with E-state index in [1.165, 1.54) is 19.3 Å². The number of rotatable bonds is 2. The summed E-state index contributed by atoms with van der Waals surface area (Å²) in [5.74, 6) is 1.15. The van der Waals surface area contributed by atoms with Gasteiger partial charge < -0.3 is 5.73 Å². The minimum Gasteiger partial charge on any atom is -0.379 e. The van der Waals surface area contributed by atoms with E-state index in [2.05, 4.69) is 11.9 Å². The van der Waals surface area contributed by atoms with Crippen molar-refractivity contribution in [1.29, 1.82) is 0 Å². The van der Waals surface area contributed by atoms with Crippen LogP contribution in [0.5, 0.6) is 0 Å². The van der Waals surface area contributed by atoms with E-state index >= 15 is 0 Å². The largest absolute Gasteiger partial charge is 0.379 e. The maximum atomic E-state index is 5.57. The van der Waals surface area contributed by atoms with E-state index in [1.54, 1.807) is 11.8 Å². The quantitative estimate of drug-likeness (QED) is 0.663. The van der Waals surface area contributed by atoms with Crippen LogP contribution in [0.2, 0.25) is 0 Å². The van der Waals surface area contributed by atoms with E-state index in [-0.39, 0.29) is 0 Å². The van der Waals surface area contributed by atoms with Gasteiger partial charge in [0.1, 0.15) is 0 Å². The summed E-state index contributed by atoms with van der Waals surface area (Å²) in [5, 5.41) is 0.782. The zero-order chi connectivity index (χ0) is 7.40. The normalized spacial score (nSPS) is 26.1. The lowest BCUT2D eigenvalue weighted by molar-refractivity contribution is 0.591. The van der Waals surface area contributed by atoms with Crippen LogP contribution in [-0.4, -0.2) is 17.0 Å². The molecule has 0 aromatic carbocycles. The Bertz CT molecular complexity index is 134. The minimum atomic E-state index is 0.520. The minimum absolute atomic E-state index is 0.520. The molecule has 0 spiro atoms. The molecular formula is C7H14N2S. The van der Waals surface area contributed by atoms with Gasteiger partial charge in [-0.3, -0.25) is 4.99 Å². The van der Waals surface area contributed by atoms with Crippen LogP contribution in [0.15, 0.2) is 4.99 Å². The molecule has 0 aliphatic carbocycles. The summed E-state index contributed by atoms with van der Waals surface area (Å²) in [6.45, 7) is 2.19. The van der Waals surface area contributed by atoms with Gasteiger partial charge in [0, 0.05) is 5.75 Å². The smallest absolute Gasteiger partial charge is 0.154 e. The van der Waals surface area contributed by atoms with Crippen LogP contribution in [0.4, 0.5) is 0 Å². The molecule has 0 aromatic heterocycles. The molecule has 58 valence electrons. The Kier molecular flexibility index (Phi) is 3.06. The second-order valence-corrected chi connectivity index (χ2v) is 3.66. The number of amidine groups is 1. The second-order valence-electron chi connectivity index (χ2n) is 2.55. The molecule has 2 N–H and O–H groups in total. The molecule has 0 aromatic rings. The van der Waals surface area contributed by atoms with Gasteiger partial charge >= 0.3 is 0 Å². The maximum absolute atomic E-state index is 5.57. The van der Waals surface area contributed by atoms with Crippen molar-refractivity contribution in [2.75, 3.05) is 5.75 Å². The second kappa shape index (κ2) is 3.86. The van der Waals surface area contributed by atoms with Crippen LogP contribution < -0.4 is 5.73 Å². The van der Waals surface area contributed by atoms with Gasteiger partial charge in [-0.05, 0) is 12.8 Å². The molecule has 10 heavy (non-hydrogen) atoms. The molecule has 2 nitrogen and oxygen atoms in total. The highest BCUT2D eigenvalue weighted by Crippen LogP contribution is 2.17. The molecule has 0 fully saturated rings. The summed E-state index contributed by atoms with van der Waals surface area (Å²) in [4.78, 5) is 4.33. The Balaban J connectivity index is 2.38. The summed E-state index contributed by atoms with van der Waals surface area (Å²) in [6, 6.07) is 0.520. The van der Waals surface area contributed by atoms with E-state index in [4.69, 9.17) is 5.73 Å². The number of nitrogens with two attached hydrogens (primary N) is 1. The fourth-order valence-corrected chi connectivity index (χ4v) is 1.95. The molecule has 0 unspecified atom stereocenters. The highest BCUT2D eigenvalue weighted by molar-refractivity contribution is 8.13. The van der Waals surface area contributed by atoms with Crippen molar-refractivity contribution in [1.82, 2.24) is 0 Å². The van der Waals surface area contributed by atoms with Crippen LogP contribution >= 0.6 is 11.8 Å². The van der Waals surface area contributed by atoms with Gasteiger partial charge in [-0.2, -0.15) is 0 Å². The topological polar surface area (TPSA) is 38.4 Å². The predicted octanol–water partition coefficient (Wildman–Crippen LogP) is 1.61. The highest BCUT2D eigenvalue weighted by Gasteiger charge is 2.11. The van der Waals surface area contributed by atoms with Gasteiger partial charge in [0.2, 0.25) is 0 Å². The maximum Gasteiger partial charge on any atom is 0.154 e. The fraction of sp³-hybridized carbons (Fsp3) is 0.857. The number of thioether (sulfide) groups is 1. The number of aliphatic imine (C=N–C) groups is 1. The fourth-order valence-electron chi connectivity index (χ4n) is 1.12. The molecule has 0 bridgehead atoms. The van der Waals surface area contributed by atoms with Crippen molar-refractivity contribution in [3.63, 3.8) is 0 Å². The average Bonchev–Trinajstić information content (AvgIpc) is 1.88.